The third-order valence-corrected chi connectivity index (χ3v) is 5.07. The summed E-state index contributed by atoms with van der Waals surface area (Å²) < 4.78 is 1.11. The van der Waals surface area contributed by atoms with Crippen molar-refractivity contribution in [2.75, 3.05) is 5.32 Å². The second-order valence-corrected chi connectivity index (χ2v) is 6.79. The van der Waals surface area contributed by atoms with Crippen LogP contribution in [-0.2, 0) is 17.6 Å². The number of anilines is 1. The Kier molecular flexibility index (Phi) is 3.78. The van der Waals surface area contributed by atoms with Gasteiger partial charge >= 0.3 is 0 Å². The number of aryl methyl sites for hydroxylation is 1. The summed E-state index contributed by atoms with van der Waals surface area (Å²) >= 11 is 1.52. The van der Waals surface area contributed by atoms with Crippen molar-refractivity contribution >= 4 is 43.5 Å². The van der Waals surface area contributed by atoms with E-state index in [0.29, 0.717) is 11.6 Å². The first-order chi connectivity index (χ1) is 11.7. The Labute approximate surface area is 143 Å². The molecule has 4 aromatic rings. The third-order valence-electron chi connectivity index (χ3n) is 4.13. The van der Waals surface area contributed by atoms with Crippen LogP contribution < -0.4 is 5.32 Å². The van der Waals surface area contributed by atoms with Crippen molar-refractivity contribution in [3.63, 3.8) is 0 Å². The lowest BCUT2D eigenvalue weighted by Crippen LogP contribution is -2.13. The van der Waals surface area contributed by atoms with Gasteiger partial charge in [-0.1, -0.05) is 42.5 Å². The van der Waals surface area contributed by atoms with Crippen molar-refractivity contribution in [2.45, 2.75) is 19.8 Å². The lowest BCUT2D eigenvalue weighted by Gasteiger charge is -2.00. The van der Waals surface area contributed by atoms with Crippen LogP contribution in [0.3, 0.4) is 0 Å². The second kappa shape index (κ2) is 6.09. The quantitative estimate of drug-likeness (QED) is 0.576. The number of rotatable bonds is 4. The molecule has 2 aromatic carbocycles. The number of aromatic nitrogens is 2. The molecule has 0 unspecified atom stereocenters. The summed E-state index contributed by atoms with van der Waals surface area (Å²) in [6.07, 6.45) is 3.23. The lowest BCUT2D eigenvalue weighted by molar-refractivity contribution is -0.115. The Balaban J connectivity index is 1.53. The van der Waals surface area contributed by atoms with E-state index in [2.05, 4.69) is 34.3 Å². The Hall–Kier alpha value is -2.66. The Bertz CT molecular complexity index is 1030. The number of fused-ring (bicyclic) bond motifs is 2. The van der Waals surface area contributed by atoms with E-state index in [-0.39, 0.29) is 5.91 Å². The summed E-state index contributed by atoms with van der Waals surface area (Å²) in [4.78, 5) is 20.1. The van der Waals surface area contributed by atoms with Crippen LogP contribution in [0, 0.1) is 0 Å². The number of amides is 1. The predicted molar refractivity (Wildman–Crippen MR) is 99.6 cm³/mol. The molecule has 0 aliphatic rings. The molecular formula is C19H17N3OS. The molecule has 120 valence electrons. The minimum absolute atomic E-state index is 0.0467. The van der Waals surface area contributed by atoms with Gasteiger partial charge in [-0.15, -0.1) is 0 Å². The molecule has 4 rings (SSSR count). The van der Waals surface area contributed by atoms with Crippen LogP contribution in [0.2, 0.25) is 0 Å². The molecule has 0 atom stereocenters. The van der Waals surface area contributed by atoms with Crippen molar-refractivity contribution < 1.29 is 4.79 Å². The third kappa shape index (κ3) is 2.78. The summed E-state index contributed by atoms with van der Waals surface area (Å²) in [7, 11) is 0. The highest BCUT2D eigenvalue weighted by atomic mass is 32.1. The fraction of sp³-hybridized carbons (Fsp3) is 0.158. The zero-order chi connectivity index (χ0) is 16.5. The monoisotopic (exact) mass is 335 g/mol. The summed E-state index contributed by atoms with van der Waals surface area (Å²) in [6, 6.07) is 14.2. The minimum Gasteiger partial charge on any atom is -0.361 e. The summed E-state index contributed by atoms with van der Waals surface area (Å²) in [5, 5.41) is 4.67. The maximum absolute atomic E-state index is 12.4. The van der Waals surface area contributed by atoms with E-state index >= 15 is 0 Å². The molecule has 0 bridgehead atoms. The van der Waals surface area contributed by atoms with Gasteiger partial charge in [-0.05, 0) is 35.7 Å². The fourth-order valence-electron chi connectivity index (χ4n) is 2.86. The molecule has 0 saturated carbocycles. The largest absolute Gasteiger partial charge is 0.361 e. The maximum Gasteiger partial charge on any atom is 0.230 e. The number of hydrogen-bond donors (Lipinski definition) is 2. The van der Waals surface area contributed by atoms with E-state index in [9.17, 15) is 4.79 Å². The lowest BCUT2D eigenvalue weighted by atomic mass is 10.1. The molecule has 0 fully saturated rings. The molecule has 4 nitrogen and oxygen atoms in total. The fourth-order valence-corrected chi connectivity index (χ4v) is 3.80. The van der Waals surface area contributed by atoms with Gasteiger partial charge in [0.15, 0.2) is 5.13 Å². The number of benzene rings is 2. The highest BCUT2D eigenvalue weighted by Crippen LogP contribution is 2.27. The van der Waals surface area contributed by atoms with Gasteiger partial charge in [0.2, 0.25) is 5.91 Å². The number of nitrogens with one attached hydrogen (secondary N) is 2. The number of carbonyl (C=O) groups excluding carboxylic acids is 1. The van der Waals surface area contributed by atoms with E-state index in [1.54, 1.807) is 0 Å². The average Bonchev–Trinajstić information content (AvgIpc) is 3.17. The number of thiazole rings is 1. The maximum atomic E-state index is 12.4. The SMILES string of the molecule is CCc1ccc2nc(NC(=O)Cc3c[nH]c4ccccc34)sc2c1. The normalized spacial score (nSPS) is 11.2. The van der Waals surface area contributed by atoms with E-state index in [4.69, 9.17) is 0 Å². The highest BCUT2D eigenvalue weighted by Gasteiger charge is 2.11. The Morgan fingerprint density at radius 1 is 1.25 bits per heavy atom. The molecule has 0 saturated heterocycles. The number of para-hydroxylation sites is 1. The van der Waals surface area contributed by atoms with Crippen molar-refractivity contribution in [1.29, 1.82) is 0 Å². The number of carbonyl (C=O) groups is 1. The van der Waals surface area contributed by atoms with Gasteiger partial charge in [0.25, 0.3) is 0 Å². The van der Waals surface area contributed by atoms with Gasteiger partial charge in [0, 0.05) is 17.1 Å². The van der Waals surface area contributed by atoms with Gasteiger partial charge in [0.05, 0.1) is 16.6 Å². The van der Waals surface area contributed by atoms with E-state index in [0.717, 1.165) is 33.1 Å². The molecule has 2 N–H and O–H groups in total. The van der Waals surface area contributed by atoms with Crippen molar-refractivity contribution in [1.82, 2.24) is 9.97 Å². The molecule has 0 aliphatic carbocycles. The molecule has 0 spiro atoms. The number of aromatic amines is 1. The second-order valence-electron chi connectivity index (χ2n) is 5.76. The van der Waals surface area contributed by atoms with Gasteiger partial charge < -0.3 is 10.3 Å². The minimum atomic E-state index is -0.0467. The van der Waals surface area contributed by atoms with Crippen LogP contribution in [0.1, 0.15) is 18.1 Å². The summed E-state index contributed by atoms with van der Waals surface area (Å²) in [6.45, 7) is 2.13. The zero-order valence-corrected chi connectivity index (χ0v) is 14.1. The topological polar surface area (TPSA) is 57.8 Å². The molecule has 2 heterocycles. The van der Waals surface area contributed by atoms with Crippen molar-refractivity contribution in [3.05, 3.63) is 59.8 Å². The first-order valence-electron chi connectivity index (χ1n) is 7.97. The van der Waals surface area contributed by atoms with Crippen LogP contribution in [0.25, 0.3) is 21.1 Å². The van der Waals surface area contributed by atoms with Gasteiger partial charge in [0.1, 0.15) is 0 Å². The molecule has 2 aromatic heterocycles. The van der Waals surface area contributed by atoms with E-state index in [1.807, 2.05) is 36.5 Å². The van der Waals surface area contributed by atoms with Gasteiger partial charge in [-0.3, -0.25) is 4.79 Å². The van der Waals surface area contributed by atoms with E-state index in [1.165, 1.54) is 16.9 Å². The van der Waals surface area contributed by atoms with Crippen molar-refractivity contribution in [2.24, 2.45) is 0 Å². The van der Waals surface area contributed by atoms with Gasteiger partial charge in [-0.2, -0.15) is 0 Å². The first-order valence-corrected chi connectivity index (χ1v) is 8.79. The number of nitrogens with zero attached hydrogens (tertiary/aromatic N) is 1. The van der Waals surface area contributed by atoms with Crippen LogP contribution in [0.5, 0.6) is 0 Å². The van der Waals surface area contributed by atoms with Crippen LogP contribution in [0.15, 0.2) is 48.7 Å². The highest BCUT2D eigenvalue weighted by molar-refractivity contribution is 7.22. The number of hydrogen-bond acceptors (Lipinski definition) is 3. The standard InChI is InChI=1S/C19H17N3OS/c1-2-12-7-8-16-17(9-12)24-19(21-16)22-18(23)10-13-11-20-15-6-4-3-5-14(13)15/h3-9,11,20H,2,10H2,1H3,(H,21,22,23). The van der Waals surface area contributed by atoms with Crippen molar-refractivity contribution in [3.8, 4) is 0 Å². The number of H-pyrrole nitrogens is 1. The molecule has 0 radical (unpaired) electrons. The van der Waals surface area contributed by atoms with Crippen LogP contribution in [0.4, 0.5) is 5.13 Å². The van der Waals surface area contributed by atoms with Gasteiger partial charge in [-0.25, -0.2) is 4.98 Å². The molecular weight excluding hydrogens is 318 g/mol. The predicted octanol–water partition coefficient (Wildman–Crippen LogP) is 4.52. The summed E-state index contributed by atoms with van der Waals surface area (Å²) in [5.74, 6) is -0.0467. The molecule has 0 aliphatic heterocycles. The smallest absolute Gasteiger partial charge is 0.230 e. The Morgan fingerprint density at radius 3 is 3.00 bits per heavy atom. The molecule has 5 heteroatoms. The Morgan fingerprint density at radius 2 is 2.12 bits per heavy atom. The molecule has 1 amide bonds. The van der Waals surface area contributed by atoms with Crippen LogP contribution >= 0.6 is 11.3 Å². The molecule has 24 heavy (non-hydrogen) atoms. The first kappa shape index (κ1) is 14.9. The van der Waals surface area contributed by atoms with Crippen LogP contribution in [-0.4, -0.2) is 15.9 Å². The zero-order valence-electron chi connectivity index (χ0n) is 13.3. The average molecular weight is 335 g/mol. The summed E-state index contributed by atoms with van der Waals surface area (Å²) in [5.41, 5.74) is 4.26. The van der Waals surface area contributed by atoms with E-state index < -0.39 is 0 Å².